The number of hydrogen-bond donors (Lipinski definition) is 2. The Balaban J connectivity index is 1.64. The maximum absolute atomic E-state index is 12.8. The Bertz CT molecular complexity index is 496. The van der Waals surface area contributed by atoms with Crippen LogP contribution >= 0.6 is 0 Å². The number of nitrogens with one attached hydrogen (secondary N) is 2. The van der Waals surface area contributed by atoms with E-state index in [1.54, 1.807) is 11.9 Å². The van der Waals surface area contributed by atoms with Crippen LogP contribution in [0.25, 0.3) is 0 Å². The predicted octanol–water partition coefficient (Wildman–Crippen LogP) is 0.451. The molecule has 0 atom stereocenters. The van der Waals surface area contributed by atoms with Gasteiger partial charge in [0.2, 0.25) is 5.91 Å². The lowest BCUT2D eigenvalue weighted by atomic mass is 9.81. The first kappa shape index (κ1) is 16.2. The summed E-state index contributed by atoms with van der Waals surface area (Å²) in [6, 6.07) is -0.199. The number of rotatable bonds is 3. The molecule has 0 bridgehead atoms. The molecule has 7 heteroatoms. The largest absolute Gasteiger partial charge is 0.352 e. The average molecular weight is 322 g/mol. The Labute approximate surface area is 136 Å². The van der Waals surface area contributed by atoms with Crippen molar-refractivity contribution >= 4 is 17.8 Å². The van der Waals surface area contributed by atoms with Crippen LogP contribution in [0.5, 0.6) is 0 Å². The second-order valence-corrected chi connectivity index (χ2v) is 6.92. The summed E-state index contributed by atoms with van der Waals surface area (Å²) in [5, 5.41) is 6.19. The molecule has 2 N–H and O–H groups in total. The predicted molar refractivity (Wildman–Crippen MR) is 84.7 cm³/mol. The van der Waals surface area contributed by atoms with Gasteiger partial charge in [-0.25, -0.2) is 4.79 Å². The highest BCUT2D eigenvalue weighted by molar-refractivity contribution is 6.08. The van der Waals surface area contributed by atoms with Gasteiger partial charge < -0.3 is 15.5 Å². The summed E-state index contributed by atoms with van der Waals surface area (Å²) in [5.74, 6) is -0.426. The Morgan fingerprint density at radius 3 is 2.52 bits per heavy atom. The van der Waals surface area contributed by atoms with Crippen LogP contribution in [-0.4, -0.2) is 65.9 Å². The van der Waals surface area contributed by atoms with Crippen LogP contribution in [0, 0.1) is 0 Å². The van der Waals surface area contributed by atoms with Crippen molar-refractivity contribution in [3.8, 4) is 0 Å². The van der Waals surface area contributed by atoms with Gasteiger partial charge in [0, 0.05) is 13.1 Å². The number of carbonyl (C=O) groups is 3. The molecular formula is C16H26N4O3. The van der Waals surface area contributed by atoms with Crippen molar-refractivity contribution in [1.29, 1.82) is 0 Å². The molecular weight excluding hydrogens is 296 g/mol. The van der Waals surface area contributed by atoms with Gasteiger partial charge in [-0.3, -0.25) is 14.5 Å². The maximum Gasteiger partial charge on any atom is 0.327 e. The standard InChI is InChI=1S/C16H26N4O3/c1-19-15(23)20(14(22)16(19)7-3-2-4-8-16)11-13(21)18-12-5-9-17-10-6-12/h12,17H,2-11H2,1H3,(H,18,21). The molecule has 2 heterocycles. The summed E-state index contributed by atoms with van der Waals surface area (Å²) in [6.45, 7) is 1.62. The summed E-state index contributed by atoms with van der Waals surface area (Å²) in [6.07, 6.45) is 6.21. The fraction of sp³-hybridized carbons (Fsp3) is 0.812. The van der Waals surface area contributed by atoms with Crippen LogP contribution in [-0.2, 0) is 9.59 Å². The van der Waals surface area contributed by atoms with E-state index in [1.165, 1.54) is 0 Å². The van der Waals surface area contributed by atoms with Gasteiger partial charge in [0.25, 0.3) is 5.91 Å². The zero-order valence-corrected chi connectivity index (χ0v) is 13.8. The van der Waals surface area contributed by atoms with Crippen molar-refractivity contribution in [1.82, 2.24) is 20.4 Å². The smallest absolute Gasteiger partial charge is 0.327 e. The van der Waals surface area contributed by atoms with E-state index in [1.807, 2.05) is 0 Å². The van der Waals surface area contributed by atoms with Crippen molar-refractivity contribution in [2.45, 2.75) is 56.5 Å². The molecule has 1 aliphatic carbocycles. The molecule has 0 unspecified atom stereocenters. The summed E-state index contributed by atoms with van der Waals surface area (Å²) in [5.41, 5.74) is -0.704. The minimum atomic E-state index is -0.704. The third-order valence-electron chi connectivity index (χ3n) is 5.49. The monoisotopic (exact) mass is 322 g/mol. The quantitative estimate of drug-likeness (QED) is 0.739. The molecule has 2 aliphatic heterocycles. The van der Waals surface area contributed by atoms with Crippen LogP contribution in [0.4, 0.5) is 4.79 Å². The van der Waals surface area contributed by atoms with Crippen LogP contribution in [0.2, 0.25) is 0 Å². The highest BCUT2D eigenvalue weighted by atomic mass is 16.2. The van der Waals surface area contributed by atoms with Gasteiger partial charge in [-0.1, -0.05) is 19.3 Å². The first-order chi connectivity index (χ1) is 11.0. The van der Waals surface area contributed by atoms with E-state index in [4.69, 9.17) is 0 Å². The third kappa shape index (κ3) is 2.94. The number of amides is 4. The molecule has 128 valence electrons. The van der Waals surface area contributed by atoms with Gasteiger partial charge >= 0.3 is 6.03 Å². The molecule has 3 aliphatic rings. The lowest BCUT2D eigenvalue weighted by Crippen LogP contribution is -2.50. The number of likely N-dealkylation sites (N-methyl/N-ethyl adjacent to an activating group) is 1. The molecule has 4 amide bonds. The van der Waals surface area contributed by atoms with E-state index in [0.717, 1.165) is 50.1 Å². The van der Waals surface area contributed by atoms with Gasteiger partial charge in [-0.05, 0) is 38.8 Å². The highest BCUT2D eigenvalue weighted by Crippen LogP contribution is 2.39. The Morgan fingerprint density at radius 1 is 1.22 bits per heavy atom. The molecule has 1 saturated carbocycles. The zero-order valence-electron chi connectivity index (χ0n) is 13.8. The first-order valence-electron chi connectivity index (χ1n) is 8.64. The van der Waals surface area contributed by atoms with E-state index >= 15 is 0 Å². The van der Waals surface area contributed by atoms with Crippen molar-refractivity contribution in [2.24, 2.45) is 0 Å². The lowest BCUT2D eigenvalue weighted by molar-refractivity contribution is -0.137. The van der Waals surface area contributed by atoms with Crippen LogP contribution in [0.1, 0.15) is 44.9 Å². The van der Waals surface area contributed by atoms with Crippen molar-refractivity contribution in [2.75, 3.05) is 26.7 Å². The van der Waals surface area contributed by atoms with E-state index in [2.05, 4.69) is 10.6 Å². The number of carbonyl (C=O) groups excluding carboxylic acids is 3. The van der Waals surface area contributed by atoms with Crippen LogP contribution in [0.3, 0.4) is 0 Å². The first-order valence-corrected chi connectivity index (χ1v) is 8.64. The molecule has 0 radical (unpaired) electrons. The summed E-state index contributed by atoms with van der Waals surface area (Å²) < 4.78 is 0. The summed E-state index contributed by atoms with van der Waals surface area (Å²) in [4.78, 5) is 40.2. The molecule has 0 aromatic carbocycles. The minimum Gasteiger partial charge on any atom is -0.352 e. The number of hydrogen-bond acceptors (Lipinski definition) is 4. The van der Waals surface area contributed by atoms with Gasteiger partial charge in [-0.2, -0.15) is 0 Å². The Morgan fingerprint density at radius 2 is 1.87 bits per heavy atom. The van der Waals surface area contributed by atoms with Crippen molar-refractivity contribution in [3.63, 3.8) is 0 Å². The molecule has 23 heavy (non-hydrogen) atoms. The second-order valence-electron chi connectivity index (χ2n) is 6.92. The Kier molecular flexibility index (Phi) is 4.57. The summed E-state index contributed by atoms with van der Waals surface area (Å²) in [7, 11) is 1.69. The van der Waals surface area contributed by atoms with E-state index in [0.29, 0.717) is 12.8 Å². The topological polar surface area (TPSA) is 81.8 Å². The molecule has 2 saturated heterocycles. The molecule has 3 fully saturated rings. The fourth-order valence-electron chi connectivity index (χ4n) is 4.05. The SMILES string of the molecule is CN1C(=O)N(CC(=O)NC2CCNCC2)C(=O)C12CCCCC2. The maximum atomic E-state index is 12.8. The van der Waals surface area contributed by atoms with Gasteiger partial charge in [0.15, 0.2) is 0 Å². The second kappa shape index (κ2) is 6.47. The Hall–Kier alpha value is -1.63. The third-order valence-corrected chi connectivity index (χ3v) is 5.49. The highest BCUT2D eigenvalue weighted by Gasteiger charge is 2.55. The van der Waals surface area contributed by atoms with Gasteiger partial charge in [0.05, 0.1) is 0 Å². The normalized spacial score (nSPS) is 25.3. The fourth-order valence-corrected chi connectivity index (χ4v) is 4.05. The van der Waals surface area contributed by atoms with Crippen LogP contribution < -0.4 is 10.6 Å². The number of nitrogens with zero attached hydrogens (tertiary/aromatic N) is 2. The van der Waals surface area contributed by atoms with Gasteiger partial charge in [-0.15, -0.1) is 0 Å². The zero-order chi connectivity index (χ0) is 16.4. The molecule has 3 rings (SSSR count). The van der Waals surface area contributed by atoms with E-state index in [9.17, 15) is 14.4 Å². The summed E-state index contributed by atoms with van der Waals surface area (Å²) >= 11 is 0. The minimum absolute atomic E-state index is 0.137. The molecule has 7 nitrogen and oxygen atoms in total. The van der Waals surface area contributed by atoms with Gasteiger partial charge in [0.1, 0.15) is 12.1 Å². The number of urea groups is 1. The van der Waals surface area contributed by atoms with Crippen LogP contribution in [0.15, 0.2) is 0 Å². The van der Waals surface area contributed by atoms with Crippen molar-refractivity contribution < 1.29 is 14.4 Å². The number of imide groups is 1. The van der Waals surface area contributed by atoms with E-state index < -0.39 is 5.54 Å². The van der Waals surface area contributed by atoms with E-state index in [-0.39, 0.29) is 30.4 Å². The number of piperidine rings is 1. The molecule has 0 aromatic heterocycles. The molecule has 1 spiro atoms. The average Bonchev–Trinajstić information content (AvgIpc) is 2.73. The molecule has 0 aromatic rings. The lowest BCUT2D eigenvalue weighted by Gasteiger charge is -2.35. The van der Waals surface area contributed by atoms with Crippen molar-refractivity contribution in [3.05, 3.63) is 0 Å².